The molecule has 0 N–H and O–H groups in total. The lowest BCUT2D eigenvalue weighted by Crippen LogP contribution is -2.27. The molecule has 0 radical (unpaired) electrons. The van der Waals surface area contributed by atoms with Crippen molar-refractivity contribution in [3.8, 4) is 0 Å². The van der Waals surface area contributed by atoms with Crippen LogP contribution in [0.5, 0.6) is 0 Å². The van der Waals surface area contributed by atoms with E-state index >= 15 is 0 Å². The zero-order valence-corrected chi connectivity index (χ0v) is 27.8. The summed E-state index contributed by atoms with van der Waals surface area (Å²) in [5.74, 6) is 1.77. The van der Waals surface area contributed by atoms with Crippen molar-refractivity contribution in [1.29, 1.82) is 0 Å². The average Bonchev–Trinajstić information content (AvgIpc) is 2.88. The highest BCUT2D eigenvalue weighted by Gasteiger charge is 2.05. The third-order valence-electron chi connectivity index (χ3n) is 8.59. The fourth-order valence-corrected chi connectivity index (χ4v) is 5.88. The van der Waals surface area contributed by atoms with Gasteiger partial charge >= 0.3 is 0 Å². The maximum absolute atomic E-state index is 2.85. The van der Waals surface area contributed by atoms with Crippen molar-refractivity contribution in [3.63, 3.8) is 0 Å². The molecule has 0 aliphatic carbocycles. The number of hydrogen-bond donors (Lipinski definition) is 0. The van der Waals surface area contributed by atoms with Gasteiger partial charge in [0.1, 0.15) is 0 Å². The highest BCUT2D eigenvalue weighted by Crippen LogP contribution is 2.15. The van der Waals surface area contributed by atoms with Gasteiger partial charge in [0.05, 0.1) is 0 Å². The van der Waals surface area contributed by atoms with Gasteiger partial charge in [0.15, 0.2) is 0 Å². The van der Waals surface area contributed by atoms with Crippen LogP contribution in [0.2, 0.25) is 0 Å². The monoisotopic (exact) mass is 536 g/mol. The first-order chi connectivity index (χ1) is 18.6. The standard InChI is InChI=1S/C37H77N/c1-6-7-8-9-10-11-12-13-18-23-28-33-38(34-29-24-19-14-16-21-26-31-36(2)3)35-30-25-20-15-17-22-27-32-37(4)5/h36-37H,6-35H2,1-5H3. The molecule has 230 valence electrons. The highest BCUT2D eigenvalue weighted by molar-refractivity contribution is 4.61. The second-order valence-corrected chi connectivity index (χ2v) is 13.7. The third-order valence-corrected chi connectivity index (χ3v) is 8.59. The summed E-state index contributed by atoms with van der Waals surface area (Å²) >= 11 is 0. The molecule has 0 fully saturated rings. The highest BCUT2D eigenvalue weighted by atomic mass is 15.1. The zero-order chi connectivity index (χ0) is 27.9. The molecule has 0 aliphatic rings. The van der Waals surface area contributed by atoms with E-state index in [1.807, 2.05) is 0 Å². The minimum absolute atomic E-state index is 0.885. The molecule has 0 spiro atoms. The Kier molecular flexibility index (Phi) is 31.5. The van der Waals surface area contributed by atoms with Crippen LogP contribution in [0.4, 0.5) is 0 Å². The molecule has 0 rings (SSSR count). The Balaban J connectivity index is 3.90. The van der Waals surface area contributed by atoms with Gasteiger partial charge in [0.25, 0.3) is 0 Å². The van der Waals surface area contributed by atoms with E-state index in [1.54, 1.807) is 0 Å². The van der Waals surface area contributed by atoms with Gasteiger partial charge in [-0.15, -0.1) is 0 Å². The van der Waals surface area contributed by atoms with Crippen LogP contribution in [-0.2, 0) is 0 Å². The van der Waals surface area contributed by atoms with Gasteiger partial charge in [-0.05, 0) is 50.7 Å². The summed E-state index contributed by atoms with van der Waals surface area (Å²) in [4.78, 5) is 2.85. The summed E-state index contributed by atoms with van der Waals surface area (Å²) < 4.78 is 0. The first-order valence-electron chi connectivity index (χ1n) is 18.3. The summed E-state index contributed by atoms with van der Waals surface area (Å²) in [6.45, 7) is 15.8. The van der Waals surface area contributed by atoms with Crippen LogP contribution < -0.4 is 0 Å². The molecule has 0 heterocycles. The van der Waals surface area contributed by atoms with Crippen molar-refractivity contribution < 1.29 is 0 Å². The number of nitrogens with zero attached hydrogens (tertiary/aromatic N) is 1. The van der Waals surface area contributed by atoms with E-state index in [2.05, 4.69) is 39.5 Å². The van der Waals surface area contributed by atoms with E-state index in [0.717, 1.165) is 11.8 Å². The van der Waals surface area contributed by atoms with Crippen LogP contribution in [0.1, 0.15) is 208 Å². The first kappa shape index (κ1) is 38.0. The molecule has 1 heteroatoms. The van der Waals surface area contributed by atoms with Gasteiger partial charge in [-0.1, -0.05) is 189 Å². The topological polar surface area (TPSA) is 3.24 Å². The van der Waals surface area contributed by atoms with E-state index in [9.17, 15) is 0 Å². The molecule has 0 saturated heterocycles. The Morgan fingerprint density at radius 3 is 0.816 bits per heavy atom. The molecular formula is C37H77N. The van der Waals surface area contributed by atoms with E-state index in [4.69, 9.17) is 0 Å². The Labute approximate surface area is 244 Å². The zero-order valence-electron chi connectivity index (χ0n) is 27.8. The SMILES string of the molecule is CCCCCCCCCCCCCN(CCCCCCCCCC(C)C)CCCCCCCCCC(C)C. The molecule has 0 unspecified atom stereocenters. The van der Waals surface area contributed by atoms with Gasteiger partial charge in [0, 0.05) is 0 Å². The van der Waals surface area contributed by atoms with Crippen molar-refractivity contribution in [2.75, 3.05) is 19.6 Å². The van der Waals surface area contributed by atoms with Crippen LogP contribution in [0.25, 0.3) is 0 Å². The Hall–Kier alpha value is -0.0400. The summed E-state index contributed by atoms with van der Waals surface area (Å²) in [6.07, 6.45) is 39.2. The molecule has 0 aromatic rings. The Bertz CT molecular complexity index is 389. The van der Waals surface area contributed by atoms with Crippen LogP contribution in [0, 0.1) is 11.8 Å². The molecule has 0 aliphatic heterocycles. The minimum Gasteiger partial charge on any atom is -0.303 e. The van der Waals surface area contributed by atoms with E-state index in [0.29, 0.717) is 0 Å². The van der Waals surface area contributed by atoms with E-state index < -0.39 is 0 Å². The van der Waals surface area contributed by atoms with Crippen LogP contribution >= 0.6 is 0 Å². The molecule has 0 aromatic carbocycles. The molecule has 0 saturated carbocycles. The van der Waals surface area contributed by atoms with Crippen molar-refractivity contribution in [2.24, 2.45) is 11.8 Å². The molecular weight excluding hydrogens is 458 g/mol. The maximum Gasteiger partial charge on any atom is -0.00187 e. The molecule has 0 aromatic heterocycles. The average molecular weight is 536 g/mol. The van der Waals surface area contributed by atoms with Gasteiger partial charge < -0.3 is 4.90 Å². The van der Waals surface area contributed by atoms with Crippen molar-refractivity contribution in [1.82, 2.24) is 4.90 Å². The second-order valence-electron chi connectivity index (χ2n) is 13.7. The van der Waals surface area contributed by atoms with Crippen molar-refractivity contribution in [2.45, 2.75) is 208 Å². The lowest BCUT2D eigenvalue weighted by Gasteiger charge is -2.22. The van der Waals surface area contributed by atoms with Crippen molar-refractivity contribution in [3.05, 3.63) is 0 Å². The Morgan fingerprint density at radius 1 is 0.316 bits per heavy atom. The van der Waals surface area contributed by atoms with E-state index in [1.165, 1.54) is 193 Å². The van der Waals surface area contributed by atoms with Crippen LogP contribution in [0.15, 0.2) is 0 Å². The van der Waals surface area contributed by atoms with E-state index in [-0.39, 0.29) is 0 Å². The second kappa shape index (κ2) is 31.5. The minimum atomic E-state index is 0.885. The predicted molar refractivity (Wildman–Crippen MR) is 176 cm³/mol. The normalized spacial score (nSPS) is 12.0. The lowest BCUT2D eigenvalue weighted by molar-refractivity contribution is 0.254. The molecule has 1 nitrogen and oxygen atoms in total. The van der Waals surface area contributed by atoms with Crippen LogP contribution in [0.3, 0.4) is 0 Å². The molecule has 0 atom stereocenters. The van der Waals surface area contributed by atoms with Gasteiger partial charge in [-0.25, -0.2) is 0 Å². The quantitative estimate of drug-likeness (QED) is 0.0774. The number of rotatable bonds is 32. The smallest absolute Gasteiger partial charge is 0.00187 e. The third kappa shape index (κ3) is 32.2. The van der Waals surface area contributed by atoms with Crippen molar-refractivity contribution >= 4 is 0 Å². The molecule has 38 heavy (non-hydrogen) atoms. The number of hydrogen-bond acceptors (Lipinski definition) is 1. The van der Waals surface area contributed by atoms with Gasteiger partial charge in [0.2, 0.25) is 0 Å². The molecule has 0 bridgehead atoms. The summed E-state index contributed by atoms with van der Waals surface area (Å²) in [5, 5.41) is 0. The summed E-state index contributed by atoms with van der Waals surface area (Å²) in [7, 11) is 0. The maximum atomic E-state index is 2.85. The fraction of sp³-hybridized carbons (Fsp3) is 1.00. The summed E-state index contributed by atoms with van der Waals surface area (Å²) in [6, 6.07) is 0. The number of unbranched alkanes of at least 4 members (excludes halogenated alkanes) is 22. The van der Waals surface area contributed by atoms with Gasteiger partial charge in [-0.2, -0.15) is 0 Å². The Morgan fingerprint density at radius 2 is 0.553 bits per heavy atom. The largest absolute Gasteiger partial charge is 0.303 e. The van der Waals surface area contributed by atoms with Gasteiger partial charge in [-0.3, -0.25) is 0 Å². The fourth-order valence-electron chi connectivity index (χ4n) is 5.88. The lowest BCUT2D eigenvalue weighted by atomic mass is 10.0. The summed E-state index contributed by atoms with van der Waals surface area (Å²) in [5.41, 5.74) is 0. The molecule has 0 amide bonds. The predicted octanol–water partition coefficient (Wildman–Crippen LogP) is 13.2. The first-order valence-corrected chi connectivity index (χ1v) is 18.3. The van der Waals surface area contributed by atoms with Crippen LogP contribution in [-0.4, -0.2) is 24.5 Å².